The van der Waals surface area contributed by atoms with Crippen molar-refractivity contribution >= 4 is 0 Å². The molecule has 1 aromatic carbocycles. The lowest BCUT2D eigenvalue weighted by atomic mass is 9.90. The summed E-state index contributed by atoms with van der Waals surface area (Å²) < 4.78 is 0. The van der Waals surface area contributed by atoms with Crippen LogP contribution in [-0.4, -0.2) is 13.1 Å². The highest BCUT2D eigenvalue weighted by Gasteiger charge is 2.24. The van der Waals surface area contributed by atoms with Gasteiger partial charge < -0.3 is 5.32 Å². The van der Waals surface area contributed by atoms with Crippen LogP contribution in [0.3, 0.4) is 0 Å². The lowest BCUT2D eigenvalue weighted by Gasteiger charge is -2.17. The summed E-state index contributed by atoms with van der Waals surface area (Å²) in [6, 6.07) is 3.26. The van der Waals surface area contributed by atoms with Crippen LogP contribution in [-0.2, 0) is 32.1 Å². The van der Waals surface area contributed by atoms with Gasteiger partial charge in [0.1, 0.15) is 0 Å². The second kappa shape index (κ2) is 4.45. The molecule has 1 aromatic rings. The Labute approximate surface area is 105 Å². The number of hydrogen-bond donors (Lipinski definition) is 1. The zero-order valence-corrected chi connectivity index (χ0v) is 11.2. The SMILES string of the molecule is C[NH2+][C@H](C)Cc1c2c(cc3c1CCC3)CCC2. The van der Waals surface area contributed by atoms with Crippen molar-refractivity contribution in [2.45, 2.75) is 57.9 Å². The molecule has 0 heterocycles. The van der Waals surface area contributed by atoms with Crippen LogP contribution >= 0.6 is 0 Å². The van der Waals surface area contributed by atoms with Crippen molar-refractivity contribution in [3.8, 4) is 0 Å². The smallest absolute Gasteiger partial charge is 0.0869 e. The quantitative estimate of drug-likeness (QED) is 0.815. The van der Waals surface area contributed by atoms with Crippen LogP contribution in [0.15, 0.2) is 6.07 Å². The van der Waals surface area contributed by atoms with Crippen LogP contribution in [0.25, 0.3) is 0 Å². The Morgan fingerprint density at radius 3 is 2.18 bits per heavy atom. The second-order valence-electron chi connectivity index (χ2n) is 5.85. The third-order valence-corrected chi connectivity index (χ3v) is 4.69. The Hall–Kier alpha value is -0.820. The molecular formula is C16H24N+. The fourth-order valence-electron chi connectivity index (χ4n) is 3.62. The Bertz CT molecular complexity index is 401. The van der Waals surface area contributed by atoms with Gasteiger partial charge in [0, 0.05) is 6.42 Å². The summed E-state index contributed by atoms with van der Waals surface area (Å²) in [5, 5.41) is 2.36. The van der Waals surface area contributed by atoms with Crippen molar-refractivity contribution in [2.24, 2.45) is 0 Å². The molecule has 0 saturated carbocycles. The van der Waals surface area contributed by atoms with Gasteiger partial charge in [0.25, 0.3) is 0 Å². The first-order valence-electron chi connectivity index (χ1n) is 7.24. The Morgan fingerprint density at radius 1 is 1.06 bits per heavy atom. The summed E-state index contributed by atoms with van der Waals surface area (Å²) in [5.74, 6) is 0. The molecule has 92 valence electrons. The third kappa shape index (κ3) is 1.91. The molecule has 0 saturated heterocycles. The van der Waals surface area contributed by atoms with E-state index in [9.17, 15) is 0 Å². The largest absolute Gasteiger partial charge is 0.346 e. The third-order valence-electron chi connectivity index (χ3n) is 4.69. The fraction of sp³-hybridized carbons (Fsp3) is 0.625. The van der Waals surface area contributed by atoms with Crippen molar-refractivity contribution in [1.82, 2.24) is 0 Å². The minimum Gasteiger partial charge on any atom is -0.346 e. The zero-order chi connectivity index (χ0) is 11.8. The van der Waals surface area contributed by atoms with Gasteiger partial charge in [-0.2, -0.15) is 0 Å². The van der Waals surface area contributed by atoms with E-state index in [4.69, 9.17) is 0 Å². The molecule has 2 N–H and O–H groups in total. The average molecular weight is 230 g/mol. The first-order valence-corrected chi connectivity index (χ1v) is 7.24. The summed E-state index contributed by atoms with van der Waals surface area (Å²) in [6.07, 6.45) is 9.40. The standard InChI is InChI=1S/C16H23N/c1-11(17-2)9-16-14-7-3-5-12(14)10-13-6-4-8-15(13)16/h10-11,17H,3-9H2,1-2H3/p+1/t11-/m1/s1. The molecule has 0 spiro atoms. The number of likely N-dealkylation sites (N-methyl/N-ethyl adjacent to an activating group) is 1. The lowest BCUT2D eigenvalue weighted by Crippen LogP contribution is -2.85. The summed E-state index contributed by atoms with van der Waals surface area (Å²) in [7, 11) is 2.20. The van der Waals surface area contributed by atoms with Gasteiger partial charge in [0.05, 0.1) is 13.1 Å². The maximum Gasteiger partial charge on any atom is 0.0869 e. The highest BCUT2D eigenvalue weighted by atomic mass is 14.8. The number of rotatable bonds is 3. The van der Waals surface area contributed by atoms with E-state index in [2.05, 4.69) is 25.4 Å². The van der Waals surface area contributed by atoms with Crippen molar-refractivity contribution in [2.75, 3.05) is 7.05 Å². The molecule has 0 fully saturated rings. The van der Waals surface area contributed by atoms with Crippen LogP contribution in [0.5, 0.6) is 0 Å². The molecule has 17 heavy (non-hydrogen) atoms. The average Bonchev–Trinajstić information content (AvgIpc) is 2.96. The Balaban J connectivity index is 2.05. The molecule has 0 amide bonds. The molecular weight excluding hydrogens is 206 g/mol. The van der Waals surface area contributed by atoms with Crippen molar-refractivity contribution in [3.05, 3.63) is 33.9 Å². The molecule has 1 nitrogen and oxygen atoms in total. The van der Waals surface area contributed by atoms with Crippen LogP contribution in [0, 0.1) is 0 Å². The van der Waals surface area contributed by atoms with E-state index in [1.807, 2.05) is 0 Å². The fourth-order valence-corrected chi connectivity index (χ4v) is 3.62. The van der Waals surface area contributed by atoms with Crippen LogP contribution in [0.2, 0.25) is 0 Å². The van der Waals surface area contributed by atoms with Gasteiger partial charge in [0.15, 0.2) is 0 Å². The number of aryl methyl sites for hydroxylation is 2. The molecule has 0 aromatic heterocycles. The van der Waals surface area contributed by atoms with Crippen molar-refractivity contribution in [3.63, 3.8) is 0 Å². The lowest BCUT2D eigenvalue weighted by molar-refractivity contribution is -0.659. The molecule has 1 heteroatoms. The van der Waals surface area contributed by atoms with Gasteiger partial charge in [-0.25, -0.2) is 0 Å². The van der Waals surface area contributed by atoms with Gasteiger partial charge in [-0.3, -0.25) is 0 Å². The van der Waals surface area contributed by atoms with Gasteiger partial charge in [-0.1, -0.05) is 6.07 Å². The highest BCUT2D eigenvalue weighted by Crippen LogP contribution is 2.35. The number of nitrogens with two attached hydrogens (primary N) is 1. The van der Waals surface area contributed by atoms with E-state index < -0.39 is 0 Å². The van der Waals surface area contributed by atoms with Crippen LogP contribution < -0.4 is 5.32 Å². The first-order chi connectivity index (χ1) is 8.29. The minimum absolute atomic E-state index is 0.729. The van der Waals surface area contributed by atoms with Gasteiger partial charge >= 0.3 is 0 Å². The normalized spacial score (nSPS) is 19.2. The molecule has 0 radical (unpaired) electrons. The Kier molecular flexibility index (Phi) is 2.96. The molecule has 0 bridgehead atoms. The summed E-state index contributed by atoms with van der Waals surface area (Å²) in [5.41, 5.74) is 8.59. The summed E-state index contributed by atoms with van der Waals surface area (Å²) >= 11 is 0. The number of benzene rings is 1. The molecule has 2 aliphatic carbocycles. The van der Waals surface area contributed by atoms with E-state index in [1.54, 1.807) is 27.8 Å². The predicted octanol–water partition coefficient (Wildman–Crippen LogP) is 1.79. The van der Waals surface area contributed by atoms with E-state index >= 15 is 0 Å². The van der Waals surface area contributed by atoms with Crippen molar-refractivity contribution < 1.29 is 5.32 Å². The van der Waals surface area contributed by atoms with Crippen molar-refractivity contribution in [1.29, 1.82) is 0 Å². The molecule has 1 atom stereocenters. The summed E-state index contributed by atoms with van der Waals surface area (Å²) in [4.78, 5) is 0. The molecule has 3 rings (SSSR count). The van der Waals surface area contributed by atoms with E-state index in [-0.39, 0.29) is 0 Å². The molecule has 0 unspecified atom stereocenters. The van der Waals surface area contributed by atoms with Gasteiger partial charge in [0.2, 0.25) is 0 Å². The number of quaternary nitrogens is 1. The minimum atomic E-state index is 0.729. The second-order valence-corrected chi connectivity index (χ2v) is 5.85. The number of fused-ring (bicyclic) bond motifs is 2. The summed E-state index contributed by atoms with van der Waals surface area (Å²) in [6.45, 7) is 2.36. The van der Waals surface area contributed by atoms with Gasteiger partial charge in [-0.15, -0.1) is 0 Å². The van der Waals surface area contributed by atoms with Gasteiger partial charge in [-0.05, 0) is 73.3 Å². The predicted molar refractivity (Wildman–Crippen MR) is 71.5 cm³/mol. The molecule has 2 aliphatic rings. The maximum atomic E-state index is 2.54. The Morgan fingerprint density at radius 2 is 1.65 bits per heavy atom. The number of hydrogen-bond acceptors (Lipinski definition) is 0. The topological polar surface area (TPSA) is 16.6 Å². The monoisotopic (exact) mass is 230 g/mol. The maximum absolute atomic E-state index is 2.54. The van der Waals surface area contributed by atoms with Crippen LogP contribution in [0.4, 0.5) is 0 Å². The molecule has 0 aliphatic heterocycles. The van der Waals surface area contributed by atoms with E-state index in [0.717, 1.165) is 6.04 Å². The first kappa shape index (κ1) is 11.3. The zero-order valence-electron chi connectivity index (χ0n) is 11.2. The van der Waals surface area contributed by atoms with E-state index in [0.29, 0.717) is 0 Å². The van der Waals surface area contributed by atoms with E-state index in [1.165, 1.54) is 44.9 Å². The highest BCUT2D eigenvalue weighted by molar-refractivity contribution is 5.50. The van der Waals surface area contributed by atoms with Crippen LogP contribution in [0.1, 0.15) is 47.6 Å².